The fourth-order valence-corrected chi connectivity index (χ4v) is 1.42. The van der Waals surface area contributed by atoms with Crippen molar-refractivity contribution in [3.63, 3.8) is 0 Å². The molecular weight excluding hydrogens is 204 g/mol. The molecule has 0 saturated heterocycles. The number of anilines is 1. The molecule has 0 heterocycles. The topological polar surface area (TPSA) is 64.7 Å². The summed E-state index contributed by atoms with van der Waals surface area (Å²) in [5.74, 6) is 0.413. The monoisotopic (exact) mass is 220 g/mol. The molecule has 0 aliphatic rings. The normalized spacial score (nSPS) is 10.8. The van der Waals surface area contributed by atoms with E-state index >= 15 is 0 Å². The van der Waals surface area contributed by atoms with Gasteiger partial charge in [0.1, 0.15) is 5.69 Å². The summed E-state index contributed by atoms with van der Waals surface area (Å²) in [5.41, 5.74) is 7.68. The Morgan fingerprint density at radius 3 is 2.44 bits per heavy atom. The van der Waals surface area contributed by atoms with Crippen molar-refractivity contribution in [2.45, 2.75) is 26.2 Å². The average Bonchev–Trinajstić information content (AvgIpc) is 2.16. The SMILES string of the molecule is COc1c(N)cc(C(C)(C)C)cc1N=C=O. The van der Waals surface area contributed by atoms with Gasteiger partial charge >= 0.3 is 0 Å². The Hall–Kier alpha value is -1.80. The minimum Gasteiger partial charge on any atom is -0.492 e. The molecule has 0 aromatic heterocycles. The van der Waals surface area contributed by atoms with E-state index < -0.39 is 0 Å². The highest BCUT2D eigenvalue weighted by atomic mass is 16.5. The van der Waals surface area contributed by atoms with Gasteiger partial charge in [-0.05, 0) is 23.1 Å². The van der Waals surface area contributed by atoms with Crippen molar-refractivity contribution >= 4 is 17.5 Å². The molecule has 0 bridgehead atoms. The summed E-state index contributed by atoms with van der Waals surface area (Å²) in [6.45, 7) is 6.17. The van der Waals surface area contributed by atoms with E-state index in [4.69, 9.17) is 10.5 Å². The van der Waals surface area contributed by atoms with Crippen molar-refractivity contribution < 1.29 is 9.53 Å². The van der Waals surface area contributed by atoms with E-state index in [0.29, 0.717) is 17.1 Å². The van der Waals surface area contributed by atoms with Crippen LogP contribution in [-0.4, -0.2) is 13.2 Å². The van der Waals surface area contributed by atoms with Crippen LogP contribution in [0.1, 0.15) is 26.3 Å². The van der Waals surface area contributed by atoms with Crippen LogP contribution in [0, 0.1) is 0 Å². The molecule has 4 nitrogen and oxygen atoms in total. The molecule has 0 fully saturated rings. The van der Waals surface area contributed by atoms with Crippen LogP contribution in [-0.2, 0) is 10.2 Å². The van der Waals surface area contributed by atoms with E-state index in [1.807, 2.05) is 6.07 Å². The third-order valence-corrected chi connectivity index (χ3v) is 2.33. The van der Waals surface area contributed by atoms with Gasteiger partial charge in [0.25, 0.3) is 0 Å². The number of isocyanates is 1. The van der Waals surface area contributed by atoms with Gasteiger partial charge in [-0.3, -0.25) is 0 Å². The Bertz CT molecular complexity index is 441. The van der Waals surface area contributed by atoms with Gasteiger partial charge in [-0.1, -0.05) is 20.8 Å². The highest BCUT2D eigenvalue weighted by Gasteiger charge is 2.18. The first kappa shape index (κ1) is 12.3. The number of hydrogen-bond acceptors (Lipinski definition) is 4. The number of nitrogens with zero attached hydrogens (tertiary/aromatic N) is 1. The number of nitrogens with two attached hydrogens (primary N) is 1. The molecule has 16 heavy (non-hydrogen) atoms. The van der Waals surface area contributed by atoms with E-state index in [2.05, 4.69) is 25.8 Å². The quantitative estimate of drug-likeness (QED) is 0.473. The number of nitrogen functional groups attached to an aromatic ring is 1. The fraction of sp³-hybridized carbons (Fsp3) is 0.417. The van der Waals surface area contributed by atoms with E-state index in [-0.39, 0.29) is 5.41 Å². The van der Waals surface area contributed by atoms with Gasteiger partial charge in [0, 0.05) is 0 Å². The van der Waals surface area contributed by atoms with Crippen LogP contribution in [0.25, 0.3) is 0 Å². The zero-order valence-electron chi connectivity index (χ0n) is 10.00. The van der Waals surface area contributed by atoms with Gasteiger partial charge in [-0.25, -0.2) is 4.79 Å². The Morgan fingerprint density at radius 2 is 2.00 bits per heavy atom. The lowest BCUT2D eigenvalue weighted by atomic mass is 9.86. The maximum Gasteiger partial charge on any atom is 0.240 e. The van der Waals surface area contributed by atoms with Gasteiger partial charge in [-0.15, -0.1) is 0 Å². The van der Waals surface area contributed by atoms with Crippen LogP contribution in [0.5, 0.6) is 5.75 Å². The molecule has 4 heteroatoms. The van der Waals surface area contributed by atoms with Crippen molar-refractivity contribution in [3.8, 4) is 5.75 Å². The van der Waals surface area contributed by atoms with Crippen LogP contribution in [0.4, 0.5) is 11.4 Å². The van der Waals surface area contributed by atoms with Crippen LogP contribution in [0.15, 0.2) is 17.1 Å². The van der Waals surface area contributed by atoms with Gasteiger partial charge in [0.15, 0.2) is 5.75 Å². The van der Waals surface area contributed by atoms with Crippen LogP contribution in [0.2, 0.25) is 0 Å². The lowest BCUT2D eigenvalue weighted by Crippen LogP contribution is -2.11. The second-order valence-corrected chi connectivity index (χ2v) is 4.57. The standard InChI is InChI=1S/C12H16N2O2/c1-12(2,3)8-5-9(13)11(16-4)10(6-8)14-7-15/h5-6H,13H2,1-4H3. The third-order valence-electron chi connectivity index (χ3n) is 2.33. The minimum absolute atomic E-state index is 0.0620. The second-order valence-electron chi connectivity index (χ2n) is 4.57. The number of rotatable bonds is 2. The average molecular weight is 220 g/mol. The molecule has 2 N–H and O–H groups in total. The number of hydrogen-bond donors (Lipinski definition) is 1. The molecule has 0 aliphatic carbocycles. The lowest BCUT2D eigenvalue weighted by Gasteiger charge is -2.21. The Morgan fingerprint density at radius 1 is 1.38 bits per heavy atom. The molecule has 0 amide bonds. The van der Waals surface area contributed by atoms with Crippen molar-refractivity contribution in [1.29, 1.82) is 0 Å². The van der Waals surface area contributed by atoms with Gasteiger partial charge in [-0.2, -0.15) is 4.99 Å². The summed E-state index contributed by atoms with van der Waals surface area (Å²) in [7, 11) is 1.49. The Labute approximate surface area is 95.1 Å². The van der Waals surface area contributed by atoms with Crippen LogP contribution in [0.3, 0.4) is 0 Å². The van der Waals surface area contributed by atoms with E-state index in [9.17, 15) is 4.79 Å². The first-order chi connectivity index (χ1) is 7.40. The fourth-order valence-electron chi connectivity index (χ4n) is 1.42. The summed E-state index contributed by atoms with van der Waals surface area (Å²) in [4.78, 5) is 13.9. The maximum atomic E-state index is 10.3. The Kier molecular flexibility index (Phi) is 3.35. The molecular formula is C12H16N2O2. The van der Waals surface area contributed by atoms with Crippen molar-refractivity contribution in [1.82, 2.24) is 0 Å². The summed E-state index contributed by atoms with van der Waals surface area (Å²) in [5, 5.41) is 0. The predicted molar refractivity (Wildman–Crippen MR) is 63.9 cm³/mol. The number of benzene rings is 1. The summed E-state index contributed by atoms with van der Waals surface area (Å²) in [6, 6.07) is 3.63. The molecule has 86 valence electrons. The molecule has 1 aromatic carbocycles. The lowest BCUT2D eigenvalue weighted by molar-refractivity contribution is 0.417. The number of carbonyl (C=O) groups excluding carboxylic acids is 1. The number of methoxy groups -OCH3 is 1. The molecule has 1 rings (SSSR count). The minimum atomic E-state index is -0.0620. The van der Waals surface area contributed by atoms with E-state index in [1.54, 1.807) is 6.07 Å². The molecule has 0 aliphatic heterocycles. The highest BCUT2D eigenvalue weighted by molar-refractivity contribution is 5.71. The van der Waals surface area contributed by atoms with Gasteiger partial charge in [0.05, 0.1) is 12.8 Å². The molecule has 0 atom stereocenters. The molecule has 0 radical (unpaired) electrons. The molecule has 0 saturated carbocycles. The largest absolute Gasteiger partial charge is 0.492 e. The number of ether oxygens (including phenoxy) is 1. The van der Waals surface area contributed by atoms with Crippen molar-refractivity contribution in [2.24, 2.45) is 4.99 Å². The number of aliphatic imine (C=N–C) groups is 1. The Balaban J connectivity index is 3.45. The molecule has 0 unspecified atom stereocenters. The summed E-state index contributed by atoms with van der Waals surface area (Å²) in [6.07, 6.45) is 1.50. The smallest absolute Gasteiger partial charge is 0.240 e. The predicted octanol–water partition coefficient (Wildman–Crippen LogP) is 2.54. The van der Waals surface area contributed by atoms with Gasteiger partial charge < -0.3 is 10.5 Å². The third kappa shape index (κ3) is 2.41. The van der Waals surface area contributed by atoms with E-state index in [0.717, 1.165) is 5.56 Å². The second kappa shape index (κ2) is 4.37. The molecule has 0 spiro atoms. The first-order valence-electron chi connectivity index (χ1n) is 4.96. The highest BCUT2D eigenvalue weighted by Crippen LogP contribution is 2.38. The van der Waals surface area contributed by atoms with Crippen LogP contribution >= 0.6 is 0 Å². The molecule has 1 aromatic rings. The maximum absolute atomic E-state index is 10.3. The van der Waals surface area contributed by atoms with Crippen molar-refractivity contribution in [2.75, 3.05) is 12.8 Å². The van der Waals surface area contributed by atoms with E-state index in [1.165, 1.54) is 13.2 Å². The first-order valence-corrected chi connectivity index (χ1v) is 4.96. The summed E-state index contributed by atoms with van der Waals surface area (Å²) >= 11 is 0. The van der Waals surface area contributed by atoms with Crippen LogP contribution < -0.4 is 10.5 Å². The van der Waals surface area contributed by atoms with Crippen molar-refractivity contribution in [3.05, 3.63) is 17.7 Å². The zero-order valence-corrected chi connectivity index (χ0v) is 10.00. The summed E-state index contributed by atoms with van der Waals surface area (Å²) < 4.78 is 5.10. The van der Waals surface area contributed by atoms with Gasteiger partial charge in [0.2, 0.25) is 6.08 Å². The zero-order chi connectivity index (χ0) is 12.3.